The van der Waals surface area contributed by atoms with E-state index in [9.17, 15) is 4.79 Å². The highest BCUT2D eigenvalue weighted by Crippen LogP contribution is 2.38. The van der Waals surface area contributed by atoms with Crippen molar-refractivity contribution < 1.29 is 4.79 Å². The molecule has 5 nitrogen and oxygen atoms in total. The molecule has 2 amide bonds. The molecule has 0 atom stereocenters. The van der Waals surface area contributed by atoms with Gasteiger partial charge < -0.3 is 5.73 Å². The van der Waals surface area contributed by atoms with Gasteiger partial charge in [0.25, 0.3) is 0 Å². The number of nitrogens with zero attached hydrogens (tertiary/aromatic N) is 3. The number of hydrogen-bond acceptors (Lipinski definition) is 3. The van der Waals surface area contributed by atoms with E-state index in [-0.39, 0.29) is 0 Å². The second-order valence-corrected chi connectivity index (χ2v) is 5.82. The number of allylic oxidation sites excluding steroid dienone is 1. The van der Waals surface area contributed by atoms with Gasteiger partial charge in [-0.25, -0.2) is 9.80 Å². The van der Waals surface area contributed by atoms with E-state index < -0.39 is 6.03 Å². The van der Waals surface area contributed by atoms with Crippen LogP contribution in [0.2, 0.25) is 0 Å². The van der Waals surface area contributed by atoms with Gasteiger partial charge in [0.05, 0.1) is 17.7 Å². The lowest BCUT2D eigenvalue weighted by Gasteiger charge is -2.31. The van der Waals surface area contributed by atoms with Gasteiger partial charge in [0.15, 0.2) is 0 Å². The number of amides is 2. The fraction of sp³-hybridized carbons (Fsp3) is 0.294. The molecular formula is C17H18N4O. The summed E-state index contributed by atoms with van der Waals surface area (Å²) in [6.45, 7) is 0.730. The van der Waals surface area contributed by atoms with Crippen LogP contribution < -0.4 is 10.7 Å². The smallest absolute Gasteiger partial charge is 0.338 e. The van der Waals surface area contributed by atoms with Crippen LogP contribution in [0.1, 0.15) is 25.7 Å². The summed E-state index contributed by atoms with van der Waals surface area (Å²) in [5.74, 6) is 0. The molecule has 0 spiro atoms. The Labute approximate surface area is 129 Å². The summed E-state index contributed by atoms with van der Waals surface area (Å²) in [4.78, 5) is 16.5. The predicted molar refractivity (Wildman–Crippen MR) is 86.0 cm³/mol. The number of carbonyl (C=O) groups excluding carboxylic acids is 1. The molecule has 112 valence electrons. The summed E-state index contributed by atoms with van der Waals surface area (Å²) in [7, 11) is 0. The molecule has 2 N–H and O–H groups in total. The zero-order valence-corrected chi connectivity index (χ0v) is 12.3. The van der Waals surface area contributed by atoms with Gasteiger partial charge in [-0.15, -0.1) is 0 Å². The molecule has 0 saturated carbocycles. The lowest BCUT2D eigenvalue weighted by Crippen LogP contribution is -2.45. The van der Waals surface area contributed by atoms with Crippen LogP contribution >= 0.6 is 0 Å². The number of urea groups is 1. The number of hydrogen-bond donors (Lipinski definition) is 1. The van der Waals surface area contributed by atoms with E-state index in [0.29, 0.717) is 0 Å². The predicted octanol–water partition coefficient (Wildman–Crippen LogP) is 3.18. The van der Waals surface area contributed by atoms with Crippen LogP contribution in [0.3, 0.4) is 0 Å². The Morgan fingerprint density at radius 1 is 1.14 bits per heavy atom. The number of pyridine rings is 1. The monoisotopic (exact) mass is 294 g/mol. The minimum atomic E-state index is -0.417. The van der Waals surface area contributed by atoms with E-state index in [2.05, 4.69) is 4.98 Å². The zero-order valence-electron chi connectivity index (χ0n) is 12.3. The van der Waals surface area contributed by atoms with Crippen molar-refractivity contribution in [2.75, 3.05) is 11.6 Å². The molecule has 1 aliphatic carbocycles. The summed E-state index contributed by atoms with van der Waals surface area (Å²) < 4.78 is 0. The van der Waals surface area contributed by atoms with Gasteiger partial charge in [-0.3, -0.25) is 9.99 Å². The third-order valence-corrected chi connectivity index (χ3v) is 4.49. The first-order valence-corrected chi connectivity index (χ1v) is 7.67. The number of fused-ring (bicyclic) bond motifs is 1. The highest BCUT2D eigenvalue weighted by Gasteiger charge is 2.35. The summed E-state index contributed by atoms with van der Waals surface area (Å²) in [5.41, 5.74) is 9.92. The molecule has 2 aromatic rings. The van der Waals surface area contributed by atoms with Crippen LogP contribution in [-0.2, 0) is 0 Å². The Balaban J connectivity index is 1.83. The van der Waals surface area contributed by atoms with Gasteiger partial charge in [0, 0.05) is 17.3 Å². The standard InChI is InChI=1S/C17H18N4O/c18-17(22)21-14-8-2-1-5-13(14)11-20(21)15-9-3-6-12-7-4-10-19-16(12)15/h3-4,6-7,9-10H,1-2,5,8,11H2,(H2,18,22). The summed E-state index contributed by atoms with van der Waals surface area (Å²) >= 11 is 0. The molecule has 0 saturated heterocycles. The van der Waals surface area contributed by atoms with Crippen LogP contribution in [0.4, 0.5) is 10.5 Å². The minimum Gasteiger partial charge on any atom is -0.350 e. The third kappa shape index (κ3) is 1.93. The molecule has 1 aliphatic heterocycles. The van der Waals surface area contributed by atoms with Crippen molar-refractivity contribution >= 4 is 22.6 Å². The van der Waals surface area contributed by atoms with Crippen LogP contribution in [0, 0.1) is 0 Å². The second-order valence-electron chi connectivity index (χ2n) is 5.82. The number of para-hydroxylation sites is 1. The van der Waals surface area contributed by atoms with Crippen molar-refractivity contribution in [3.05, 3.63) is 47.8 Å². The van der Waals surface area contributed by atoms with E-state index in [4.69, 9.17) is 5.73 Å². The van der Waals surface area contributed by atoms with Crippen molar-refractivity contribution in [2.45, 2.75) is 25.7 Å². The maximum absolute atomic E-state index is 12.0. The molecule has 1 aromatic carbocycles. The summed E-state index contributed by atoms with van der Waals surface area (Å²) in [5, 5.41) is 4.69. The van der Waals surface area contributed by atoms with Gasteiger partial charge in [0.2, 0.25) is 0 Å². The molecule has 2 aliphatic rings. The normalized spacial score (nSPS) is 18.0. The maximum atomic E-state index is 12.0. The number of rotatable bonds is 1. The number of benzene rings is 1. The first-order chi connectivity index (χ1) is 10.8. The topological polar surface area (TPSA) is 62.5 Å². The van der Waals surface area contributed by atoms with Crippen molar-refractivity contribution in [3.63, 3.8) is 0 Å². The van der Waals surface area contributed by atoms with E-state index in [1.54, 1.807) is 11.2 Å². The molecule has 1 aromatic heterocycles. The highest BCUT2D eigenvalue weighted by molar-refractivity contribution is 5.92. The van der Waals surface area contributed by atoms with Gasteiger partial charge in [-0.05, 0) is 43.4 Å². The van der Waals surface area contributed by atoms with Crippen LogP contribution in [0.15, 0.2) is 47.8 Å². The minimum absolute atomic E-state index is 0.417. The zero-order chi connectivity index (χ0) is 15.1. The molecule has 0 fully saturated rings. The molecule has 4 rings (SSSR count). The summed E-state index contributed by atoms with van der Waals surface area (Å²) in [6.07, 6.45) is 6.06. The van der Waals surface area contributed by atoms with Crippen molar-refractivity contribution in [2.24, 2.45) is 5.73 Å². The SMILES string of the molecule is NC(=O)N1C2=C(CCCC2)CN1c1cccc2cccnc12. The third-order valence-electron chi connectivity index (χ3n) is 4.49. The second kappa shape index (κ2) is 5.02. The van der Waals surface area contributed by atoms with E-state index in [0.717, 1.165) is 48.1 Å². The van der Waals surface area contributed by atoms with Gasteiger partial charge in [-0.2, -0.15) is 0 Å². The lowest BCUT2D eigenvalue weighted by atomic mass is 9.97. The molecule has 0 radical (unpaired) electrons. The number of carbonyl (C=O) groups is 1. The molecule has 2 heterocycles. The number of anilines is 1. The maximum Gasteiger partial charge on any atom is 0.338 e. The number of nitrogens with two attached hydrogens (primary N) is 1. The van der Waals surface area contributed by atoms with Gasteiger partial charge in [-0.1, -0.05) is 18.2 Å². The largest absolute Gasteiger partial charge is 0.350 e. The Kier molecular flexibility index (Phi) is 2.99. The molecule has 0 bridgehead atoms. The first kappa shape index (κ1) is 13.1. The van der Waals surface area contributed by atoms with Crippen LogP contribution in [0.25, 0.3) is 10.9 Å². The molecule has 0 unspecified atom stereocenters. The average Bonchev–Trinajstić information content (AvgIpc) is 2.93. The lowest BCUT2D eigenvalue weighted by molar-refractivity contribution is 0.219. The van der Waals surface area contributed by atoms with Crippen molar-refractivity contribution in [1.29, 1.82) is 0 Å². The molecule has 5 heteroatoms. The van der Waals surface area contributed by atoms with E-state index in [1.807, 2.05) is 35.3 Å². The fourth-order valence-corrected chi connectivity index (χ4v) is 3.52. The highest BCUT2D eigenvalue weighted by atomic mass is 16.2. The van der Waals surface area contributed by atoms with Crippen molar-refractivity contribution in [1.82, 2.24) is 9.99 Å². The van der Waals surface area contributed by atoms with E-state index >= 15 is 0 Å². The Bertz CT molecular complexity index is 778. The van der Waals surface area contributed by atoms with E-state index in [1.165, 1.54) is 12.0 Å². The first-order valence-electron chi connectivity index (χ1n) is 7.67. The molecule has 22 heavy (non-hydrogen) atoms. The number of hydrazine groups is 1. The van der Waals surface area contributed by atoms with Gasteiger partial charge in [0.1, 0.15) is 0 Å². The average molecular weight is 294 g/mol. The Morgan fingerprint density at radius 2 is 1.95 bits per heavy atom. The summed E-state index contributed by atoms with van der Waals surface area (Å²) in [6, 6.07) is 9.57. The fourth-order valence-electron chi connectivity index (χ4n) is 3.52. The Morgan fingerprint density at radius 3 is 2.82 bits per heavy atom. The molecular weight excluding hydrogens is 276 g/mol. The quantitative estimate of drug-likeness (QED) is 0.878. The van der Waals surface area contributed by atoms with Crippen molar-refractivity contribution in [3.8, 4) is 0 Å². The number of primary amides is 1. The Hall–Kier alpha value is -2.56. The van der Waals surface area contributed by atoms with Gasteiger partial charge >= 0.3 is 6.03 Å². The van der Waals surface area contributed by atoms with Crippen LogP contribution in [-0.4, -0.2) is 22.6 Å². The van der Waals surface area contributed by atoms with Crippen LogP contribution in [0.5, 0.6) is 0 Å². The number of aromatic nitrogens is 1.